The van der Waals surface area contributed by atoms with Crippen LogP contribution in [-0.4, -0.2) is 14.5 Å². The van der Waals surface area contributed by atoms with E-state index in [4.69, 9.17) is 21.8 Å². The summed E-state index contributed by atoms with van der Waals surface area (Å²) in [5.74, 6) is 0.822. The zero-order valence-corrected chi connectivity index (χ0v) is 13.1. The van der Waals surface area contributed by atoms with Crippen LogP contribution < -0.4 is 10.5 Å². The van der Waals surface area contributed by atoms with Crippen LogP contribution in [0.5, 0.6) is 0 Å². The number of furan rings is 1. The molecular formula is C14H17ClN2O3S. The van der Waals surface area contributed by atoms with Crippen LogP contribution in [0, 0.1) is 0 Å². The van der Waals surface area contributed by atoms with Gasteiger partial charge in [0, 0.05) is 18.2 Å². The number of nitrogens with two attached hydrogens (primary N) is 1. The van der Waals surface area contributed by atoms with Gasteiger partial charge < -0.3 is 10.2 Å². The van der Waals surface area contributed by atoms with Gasteiger partial charge in [-0.15, -0.1) is 0 Å². The molecule has 0 saturated carbocycles. The number of halogens is 1. The maximum absolute atomic E-state index is 12.3. The Morgan fingerprint density at radius 2 is 2.14 bits per heavy atom. The van der Waals surface area contributed by atoms with E-state index in [1.807, 2.05) is 6.07 Å². The normalized spacial score (nSPS) is 13.2. The van der Waals surface area contributed by atoms with E-state index in [2.05, 4.69) is 4.72 Å². The molecule has 0 fully saturated rings. The molecular weight excluding hydrogens is 312 g/mol. The van der Waals surface area contributed by atoms with E-state index in [1.54, 1.807) is 25.3 Å². The average molecular weight is 329 g/mol. The Hall–Kier alpha value is -1.50. The first-order valence-electron chi connectivity index (χ1n) is 6.48. The molecule has 0 aliphatic rings. The summed E-state index contributed by atoms with van der Waals surface area (Å²) in [6, 6.07) is 7.79. The molecule has 1 unspecified atom stereocenters. The minimum Gasteiger partial charge on any atom is -0.469 e. The van der Waals surface area contributed by atoms with Crippen LogP contribution in [0.2, 0.25) is 5.02 Å². The molecule has 2 aromatic rings. The Morgan fingerprint density at radius 1 is 1.38 bits per heavy atom. The molecule has 7 heteroatoms. The molecule has 0 aliphatic heterocycles. The van der Waals surface area contributed by atoms with Gasteiger partial charge in [0.25, 0.3) is 0 Å². The molecule has 0 spiro atoms. The average Bonchev–Trinajstić information content (AvgIpc) is 2.92. The Morgan fingerprint density at radius 3 is 2.81 bits per heavy atom. The third-order valence-electron chi connectivity index (χ3n) is 3.00. The van der Waals surface area contributed by atoms with E-state index in [9.17, 15) is 8.42 Å². The second-order valence-corrected chi connectivity index (χ2v) is 6.92. The lowest BCUT2D eigenvalue weighted by molar-refractivity contribution is 0.480. The zero-order chi connectivity index (χ0) is 15.5. The number of benzene rings is 1. The van der Waals surface area contributed by atoms with Gasteiger partial charge in [0.15, 0.2) is 0 Å². The van der Waals surface area contributed by atoms with E-state index in [1.165, 1.54) is 12.1 Å². The van der Waals surface area contributed by atoms with Gasteiger partial charge in [-0.3, -0.25) is 0 Å². The molecule has 0 bridgehead atoms. The first kappa shape index (κ1) is 15.9. The summed E-state index contributed by atoms with van der Waals surface area (Å²) in [7, 11) is -3.70. The van der Waals surface area contributed by atoms with Crippen molar-refractivity contribution in [2.75, 3.05) is 5.73 Å². The zero-order valence-electron chi connectivity index (χ0n) is 11.5. The second kappa shape index (κ2) is 6.51. The first-order valence-corrected chi connectivity index (χ1v) is 8.34. The largest absolute Gasteiger partial charge is 0.469 e. The van der Waals surface area contributed by atoms with Gasteiger partial charge in [-0.05, 0) is 43.7 Å². The Bertz CT molecular complexity index is 699. The van der Waals surface area contributed by atoms with Gasteiger partial charge in [-0.2, -0.15) is 0 Å². The monoisotopic (exact) mass is 328 g/mol. The van der Waals surface area contributed by atoms with Crippen molar-refractivity contribution in [3.63, 3.8) is 0 Å². The lowest BCUT2D eigenvalue weighted by Gasteiger charge is -2.14. The second-order valence-electron chi connectivity index (χ2n) is 4.83. The van der Waals surface area contributed by atoms with Crippen molar-refractivity contribution < 1.29 is 12.8 Å². The van der Waals surface area contributed by atoms with Gasteiger partial charge in [-0.25, -0.2) is 13.1 Å². The van der Waals surface area contributed by atoms with Gasteiger partial charge in [-0.1, -0.05) is 11.6 Å². The molecule has 0 aliphatic carbocycles. The van der Waals surface area contributed by atoms with E-state index < -0.39 is 10.0 Å². The summed E-state index contributed by atoms with van der Waals surface area (Å²) in [6.07, 6.45) is 2.87. The summed E-state index contributed by atoms with van der Waals surface area (Å²) < 4.78 is 32.4. The van der Waals surface area contributed by atoms with Crippen molar-refractivity contribution in [3.8, 4) is 0 Å². The number of anilines is 1. The van der Waals surface area contributed by atoms with E-state index in [-0.39, 0.29) is 16.0 Å². The summed E-state index contributed by atoms with van der Waals surface area (Å²) in [5.41, 5.74) is 5.96. The minimum absolute atomic E-state index is 0.00554. The Labute approximate surface area is 129 Å². The highest BCUT2D eigenvalue weighted by Gasteiger charge is 2.20. The van der Waals surface area contributed by atoms with Crippen LogP contribution in [0.4, 0.5) is 5.69 Å². The third kappa shape index (κ3) is 4.23. The summed E-state index contributed by atoms with van der Waals surface area (Å²) in [5, 5.41) is 0.148. The third-order valence-corrected chi connectivity index (χ3v) is 5.08. The molecule has 1 atom stereocenters. The van der Waals surface area contributed by atoms with Gasteiger partial charge >= 0.3 is 0 Å². The van der Waals surface area contributed by atoms with Crippen LogP contribution in [0.1, 0.15) is 19.1 Å². The standard InChI is InChI=1S/C14H17ClN2O3S/c1-10(4-6-12-3-2-8-20-12)17-21(18,19)14-9-11(16)5-7-13(14)15/h2-3,5,7-10,17H,4,6,16H2,1H3. The highest BCUT2D eigenvalue weighted by molar-refractivity contribution is 7.89. The molecule has 0 saturated heterocycles. The number of aryl methyl sites for hydroxylation is 1. The van der Waals surface area contributed by atoms with Crippen molar-refractivity contribution in [2.45, 2.75) is 30.7 Å². The molecule has 0 radical (unpaired) electrons. The number of nitrogen functional groups attached to an aromatic ring is 1. The quantitative estimate of drug-likeness (QED) is 0.798. The topological polar surface area (TPSA) is 85.3 Å². The number of rotatable bonds is 6. The van der Waals surface area contributed by atoms with Crippen molar-refractivity contribution in [1.29, 1.82) is 0 Å². The first-order chi connectivity index (χ1) is 9.88. The Balaban J connectivity index is 2.04. The molecule has 114 valence electrons. The molecule has 1 aromatic heterocycles. The molecule has 5 nitrogen and oxygen atoms in total. The maximum Gasteiger partial charge on any atom is 0.242 e. The van der Waals surface area contributed by atoms with Gasteiger partial charge in [0.1, 0.15) is 10.7 Å². The number of nitrogens with one attached hydrogen (secondary N) is 1. The predicted octanol–water partition coefficient (Wildman–Crippen LogP) is 2.81. The highest BCUT2D eigenvalue weighted by atomic mass is 35.5. The van der Waals surface area contributed by atoms with Gasteiger partial charge in [0.05, 0.1) is 11.3 Å². The summed E-state index contributed by atoms with van der Waals surface area (Å²) >= 11 is 5.93. The van der Waals surface area contributed by atoms with E-state index in [0.717, 1.165) is 5.76 Å². The van der Waals surface area contributed by atoms with Crippen molar-refractivity contribution >= 4 is 27.3 Å². The number of hydrogen-bond donors (Lipinski definition) is 2. The number of sulfonamides is 1. The van der Waals surface area contributed by atoms with Crippen LogP contribution in [-0.2, 0) is 16.4 Å². The number of hydrogen-bond acceptors (Lipinski definition) is 4. The molecule has 2 rings (SSSR count). The summed E-state index contributed by atoms with van der Waals surface area (Å²) in [6.45, 7) is 1.79. The SMILES string of the molecule is CC(CCc1ccco1)NS(=O)(=O)c1cc(N)ccc1Cl. The van der Waals surface area contributed by atoms with Crippen LogP contribution >= 0.6 is 11.6 Å². The lowest BCUT2D eigenvalue weighted by Crippen LogP contribution is -2.33. The van der Waals surface area contributed by atoms with Crippen LogP contribution in [0.3, 0.4) is 0 Å². The van der Waals surface area contributed by atoms with Gasteiger partial charge in [0.2, 0.25) is 10.0 Å². The van der Waals surface area contributed by atoms with Crippen molar-refractivity contribution in [1.82, 2.24) is 4.72 Å². The Kier molecular flexibility index (Phi) is 4.92. The molecule has 1 heterocycles. The van der Waals surface area contributed by atoms with Crippen LogP contribution in [0.15, 0.2) is 45.9 Å². The molecule has 1 aromatic carbocycles. The fraction of sp³-hybridized carbons (Fsp3) is 0.286. The van der Waals surface area contributed by atoms with Crippen molar-refractivity contribution in [3.05, 3.63) is 47.4 Å². The van der Waals surface area contributed by atoms with E-state index >= 15 is 0 Å². The maximum atomic E-state index is 12.3. The lowest BCUT2D eigenvalue weighted by atomic mass is 10.2. The smallest absolute Gasteiger partial charge is 0.242 e. The molecule has 21 heavy (non-hydrogen) atoms. The fourth-order valence-corrected chi connectivity index (χ4v) is 3.74. The predicted molar refractivity (Wildman–Crippen MR) is 82.7 cm³/mol. The molecule has 0 amide bonds. The van der Waals surface area contributed by atoms with Crippen LogP contribution in [0.25, 0.3) is 0 Å². The minimum atomic E-state index is -3.70. The molecule has 3 N–H and O–H groups in total. The highest BCUT2D eigenvalue weighted by Crippen LogP contribution is 2.24. The summed E-state index contributed by atoms with van der Waals surface area (Å²) in [4.78, 5) is -0.00554. The van der Waals surface area contributed by atoms with Crippen molar-refractivity contribution in [2.24, 2.45) is 0 Å². The van der Waals surface area contributed by atoms with E-state index in [0.29, 0.717) is 18.5 Å². The fourth-order valence-electron chi connectivity index (χ4n) is 1.93.